The molecule has 0 saturated carbocycles. The summed E-state index contributed by atoms with van der Waals surface area (Å²) in [5, 5.41) is 2.95. The highest BCUT2D eigenvalue weighted by Crippen LogP contribution is 2.30. The van der Waals surface area contributed by atoms with Gasteiger partial charge in [0.25, 0.3) is 5.91 Å². The molecule has 0 aliphatic carbocycles. The molecule has 3 N–H and O–H groups in total. The summed E-state index contributed by atoms with van der Waals surface area (Å²) in [6, 6.07) is 17.2. The Balaban J connectivity index is 1.80. The summed E-state index contributed by atoms with van der Waals surface area (Å²) < 4.78 is 0. The van der Waals surface area contributed by atoms with Crippen molar-refractivity contribution in [1.82, 2.24) is 0 Å². The molecule has 0 bridgehead atoms. The summed E-state index contributed by atoms with van der Waals surface area (Å²) in [6.45, 7) is 5.81. The van der Waals surface area contributed by atoms with Gasteiger partial charge in [-0.05, 0) is 60.0 Å². The third kappa shape index (κ3) is 3.92. The van der Waals surface area contributed by atoms with E-state index in [0.717, 1.165) is 27.3 Å². The van der Waals surface area contributed by atoms with E-state index in [9.17, 15) is 4.79 Å². The largest absolute Gasteiger partial charge is 0.399 e. The van der Waals surface area contributed by atoms with Crippen LogP contribution in [0.25, 0.3) is 22.6 Å². The van der Waals surface area contributed by atoms with Gasteiger partial charge in [-0.1, -0.05) is 43.0 Å². The standard InChI is InChI=1S/C22H20N2OS/c1-3-6-16-9-10-19(14-15(16)4-2)24-22(25)21-12-11-20(26-21)17-7-5-8-18(23)13-17/h3-14H,2,23H2,1H3,(H,24,25)/b6-3-. The normalized spacial score (nSPS) is 10.8. The Kier molecular flexibility index (Phi) is 5.34. The van der Waals surface area contributed by atoms with E-state index in [2.05, 4.69) is 11.9 Å². The Bertz CT molecular complexity index is 985. The van der Waals surface area contributed by atoms with Crippen LogP contribution >= 0.6 is 11.3 Å². The Morgan fingerprint density at radius 2 is 1.96 bits per heavy atom. The van der Waals surface area contributed by atoms with E-state index in [1.54, 1.807) is 6.08 Å². The van der Waals surface area contributed by atoms with Gasteiger partial charge >= 0.3 is 0 Å². The zero-order valence-corrected chi connectivity index (χ0v) is 15.3. The van der Waals surface area contributed by atoms with Crippen molar-refractivity contribution in [2.24, 2.45) is 0 Å². The fourth-order valence-electron chi connectivity index (χ4n) is 2.66. The van der Waals surface area contributed by atoms with Gasteiger partial charge in [0, 0.05) is 16.3 Å². The van der Waals surface area contributed by atoms with Crippen LogP contribution in [-0.4, -0.2) is 5.91 Å². The monoisotopic (exact) mass is 360 g/mol. The average molecular weight is 360 g/mol. The van der Waals surface area contributed by atoms with E-state index in [1.807, 2.05) is 73.7 Å². The molecule has 0 unspecified atom stereocenters. The first kappa shape index (κ1) is 17.7. The molecule has 0 saturated heterocycles. The fraction of sp³-hybridized carbons (Fsp3) is 0.0455. The summed E-state index contributed by atoms with van der Waals surface area (Å²) in [4.78, 5) is 14.2. The Labute approximate surface area is 157 Å². The molecule has 0 atom stereocenters. The second-order valence-electron chi connectivity index (χ2n) is 5.79. The highest BCUT2D eigenvalue weighted by atomic mass is 32.1. The molecule has 0 fully saturated rings. The Hall–Kier alpha value is -3.11. The predicted octanol–water partition coefficient (Wildman–Crippen LogP) is 5.93. The maximum absolute atomic E-state index is 12.6. The Morgan fingerprint density at radius 1 is 1.12 bits per heavy atom. The van der Waals surface area contributed by atoms with Gasteiger partial charge in [-0.25, -0.2) is 0 Å². The van der Waals surface area contributed by atoms with Crippen molar-refractivity contribution >= 4 is 40.8 Å². The number of hydrogen-bond donors (Lipinski definition) is 2. The molecule has 3 aromatic rings. The number of amides is 1. The van der Waals surface area contributed by atoms with Crippen LogP contribution in [0.4, 0.5) is 11.4 Å². The van der Waals surface area contributed by atoms with Gasteiger partial charge in [0.1, 0.15) is 0 Å². The molecule has 0 aliphatic heterocycles. The second kappa shape index (κ2) is 7.85. The van der Waals surface area contributed by atoms with Crippen LogP contribution in [0.3, 0.4) is 0 Å². The molecule has 1 amide bonds. The maximum atomic E-state index is 12.6. The number of thiophene rings is 1. The SMILES string of the molecule is C=Cc1cc(NC(=O)c2ccc(-c3cccc(N)c3)s2)ccc1/C=C\C. The summed E-state index contributed by atoms with van der Waals surface area (Å²) >= 11 is 1.44. The van der Waals surface area contributed by atoms with E-state index in [-0.39, 0.29) is 5.91 Å². The number of nitrogens with one attached hydrogen (secondary N) is 1. The number of anilines is 2. The van der Waals surface area contributed by atoms with Crippen LogP contribution in [0.15, 0.2) is 67.3 Å². The van der Waals surface area contributed by atoms with Gasteiger partial charge in [0.15, 0.2) is 0 Å². The van der Waals surface area contributed by atoms with E-state index in [1.165, 1.54) is 11.3 Å². The second-order valence-corrected chi connectivity index (χ2v) is 6.88. The minimum atomic E-state index is -0.126. The van der Waals surface area contributed by atoms with Crippen LogP contribution in [0, 0.1) is 0 Å². The van der Waals surface area contributed by atoms with Crippen LogP contribution in [0.1, 0.15) is 27.7 Å². The van der Waals surface area contributed by atoms with E-state index < -0.39 is 0 Å². The van der Waals surface area contributed by atoms with Gasteiger partial charge in [-0.15, -0.1) is 11.3 Å². The lowest BCUT2D eigenvalue weighted by atomic mass is 10.1. The first-order valence-corrected chi connectivity index (χ1v) is 9.08. The fourth-order valence-corrected chi connectivity index (χ4v) is 3.56. The molecule has 2 aromatic carbocycles. The molecule has 4 heteroatoms. The smallest absolute Gasteiger partial charge is 0.265 e. The number of nitrogen functional groups attached to an aromatic ring is 1. The third-order valence-corrected chi connectivity index (χ3v) is 5.04. The van der Waals surface area contributed by atoms with Crippen molar-refractivity contribution in [1.29, 1.82) is 0 Å². The minimum Gasteiger partial charge on any atom is -0.399 e. The summed E-state index contributed by atoms with van der Waals surface area (Å²) in [6.07, 6.45) is 5.78. The predicted molar refractivity (Wildman–Crippen MR) is 113 cm³/mol. The number of carbonyl (C=O) groups excluding carboxylic acids is 1. The maximum Gasteiger partial charge on any atom is 0.265 e. The quantitative estimate of drug-likeness (QED) is 0.554. The van der Waals surface area contributed by atoms with E-state index in [4.69, 9.17) is 5.73 Å². The summed E-state index contributed by atoms with van der Waals surface area (Å²) in [5.41, 5.74) is 10.4. The van der Waals surface area contributed by atoms with Crippen molar-refractivity contribution in [3.05, 3.63) is 83.3 Å². The first-order chi connectivity index (χ1) is 12.6. The lowest BCUT2D eigenvalue weighted by Crippen LogP contribution is -2.10. The molecule has 0 radical (unpaired) electrons. The molecule has 130 valence electrons. The van der Waals surface area contributed by atoms with Crippen molar-refractivity contribution in [3.63, 3.8) is 0 Å². The van der Waals surface area contributed by atoms with E-state index >= 15 is 0 Å². The van der Waals surface area contributed by atoms with E-state index in [0.29, 0.717) is 10.6 Å². The average Bonchev–Trinajstić information content (AvgIpc) is 3.13. The zero-order chi connectivity index (χ0) is 18.5. The third-order valence-electron chi connectivity index (χ3n) is 3.91. The lowest BCUT2D eigenvalue weighted by molar-refractivity contribution is 0.103. The molecule has 26 heavy (non-hydrogen) atoms. The van der Waals surface area contributed by atoms with Crippen molar-refractivity contribution in [3.8, 4) is 10.4 Å². The number of rotatable bonds is 5. The number of allylic oxidation sites excluding steroid dienone is 1. The molecule has 3 rings (SSSR count). The first-order valence-electron chi connectivity index (χ1n) is 8.27. The highest BCUT2D eigenvalue weighted by molar-refractivity contribution is 7.17. The van der Waals surface area contributed by atoms with Crippen LogP contribution in [-0.2, 0) is 0 Å². The van der Waals surface area contributed by atoms with Crippen molar-refractivity contribution in [2.75, 3.05) is 11.1 Å². The summed E-state index contributed by atoms with van der Waals surface area (Å²) in [5.74, 6) is -0.126. The molecule has 0 spiro atoms. The summed E-state index contributed by atoms with van der Waals surface area (Å²) in [7, 11) is 0. The molecule has 0 aliphatic rings. The number of nitrogens with two attached hydrogens (primary N) is 1. The minimum absolute atomic E-state index is 0.126. The number of hydrogen-bond acceptors (Lipinski definition) is 3. The highest BCUT2D eigenvalue weighted by Gasteiger charge is 2.11. The zero-order valence-electron chi connectivity index (χ0n) is 14.5. The lowest BCUT2D eigenvalue weighted by Gasteiger charge is -2.07. The van der Waals surface area contributed by atoms with Gasteiger partial charge in [-0.3, -0.25) is 4.79 Å². The van der Waals surface area contributed by atoms with Crippen LogP contribution < -0.4 is 11.1 Å². The molecule has 1 heterocycles. The Morgan fingerprint density at radius 3 is 2.69 bits per heavy atom. The molecule has 1 aromatic heterocycles. The van der Waals surface area contributed by atoms with Gasteiger partial charge in [-0.2, -0.15) is 0 Å². The number of carbonyl (C=O) groups is 1. The molecule has 3 nitrogen and oxygen atoms in total. The van der Waals surface area contributed by atoms with Gasteiger partial charge < -0.3 is 11.1 Å². The van der Waals surface area contributed by atoms with Crippen LogP contribution in [0.2, 0.25) is 0 Å². The van der Waals surface area contributed by atoms with Crippen LogP contribution in [0.5, 0.6) is 0 Å². The van der Waals surface area contributed by atoms with Gasteiger partial charge in [0.2, 0.25) is 0 Å². The van der Waals surface area contributed by atoms with Crippen molar-refractivity contribution in [2.45, 2.75) is 6.92 Å². The number of benzene rings is 2. The van der Waals surface area contributed by atoms with Crippen molar-refractivity contribution < 1.29 is 4.79 Å². The molecular formula is C22H20N2OS. The van der Waals surface area contributed by atoms with Gasteiger partial charge in [0.05, 0.1) is 4.88 Å². The molecular weight excluding hydrogens is 340 g/mol. The topological polar surface area (TPSA) is 55.1 Å².